The van der Waals surface area contributed by atoms with Gasteiger partial charge in [0.1, 0.15) is 5.82 Å². The summed E-state index contributed by atoms with van der Waals surface area (Å²) in [5, 5.41) is 0.623. The highest BCUT2D eigenvalue weighted by molar-refractivity contribution is 6.30. The van der Waals surface area contributed by atoms with Gasteiger partial charge >= 0.3 is 0 Å². The van der Waals surface area contributed by atoms with E-state index in [2.05, 4.69) is 6.58 Å². The van der Waals surface area contributed by atoms with Crippen molar-refractivity contribution in [2.45, 2.75) is 6.42 Å². The van der Waals surface area contributed by atoms with Crippen LogP contribution in [0.3, 0.4) is 0 Å². The molecule has 1 aliphatic rings. The monoisotopic (exact) mass is 324 g/mol. The van der Waals surface area contributed by atoms with Crippen LogP contribution < -0.4 is 0 Å². The Kier molecular flexibility index (Phi) is 4.26. The number of carbonyl (C=O) groups is 1. The fourth-order valence-electron chi connectivity index (χ4n) is 2.58. The van der Waals surface area contributed by atoms with E-state index in [1.54, 1.807) is 18.2 Å². The van der Waals surface area contributed by atoms with Crippen molar-refractivity contribution in [3.63, 3.8) is 0 Å². The van der Waals surface area contributed by atoms with Gasteiger partial charge in [-0.2, -0.15) is 0 Å². The molecule has 0 saturated heterocycles. The van der Waals surface area contributed by atoms with Crippen LogP contribution in [0, 0.1) is 5.82 Å². The third-order valence-electron chi connectivity index (χ3n) is 3.81. The first-order valence-corrected chi connectivity index (χ1v) is 7.59. The average Bonchev–Trinajstić information content (AvgIpc) is 2.60. The first-order chi connectivity index (χ1) is 11.1. The SMILES string of the molecule is C=C1C(=O)c2cc(F)ccc2C/C=C\C=C/1c1ccc(Cl)cc1. The van der Waals surface area contributed by atoms with Gasteiger partial charge in [-0.15, -0.1) is 0 Å². The molecule has 0 atom stereocenters. The second-order valence-electron chi connectivity index (χ2n) is 5.33. The molecule has 0 amide bonds. The molecule has 3 rings (SSSR count). The van der Waals surface area contributed by atoms with Crippen molar-refractivity contribution in [3.05, 3.63) is 100 Å². The lowest BCUT2D eigenvalue weighted by Gasteiger charge is -2.12. The molecule has 114 valence electrons. The maximum absolute atomic E-state index is 13.6. The molecule has 0 bridgehead atoms. The van der Waals surface area contributed by atoms with Crippen molar-refractivity contribution in [1.29, 1.82) is 0 Å². The second kappa shape index (κ2) is 6.35. The van der Waals surface area contributed by atoms with Gasteiger partial charge in [0.05, 0.1) is 0 Å². The molecule has 0 N–H and O–H groups in total. The van der Waals surface area contributed by atoms with Crippen molar-refractivity contribution >= 4 is 23.0 Å². The standard InChI is InChI=1S/C20H14ClFO/c1-13-18(15-6-9-16(21)10-7-15)5-3-2-4-14-8-11-17(22)12-19(14)20(13)23/h2-3,5-12H,1,4H2/b3-2-,18-5+. The molecule has 0 fully saturated rings. The molecule has 0 saturated carbocycles. The summed E-state index contributed by atoms with van der Waals surface area (Å²) < 4.78 is 13.6. The van der Waals surface area contributed by atoms with E-state index in [1.807, 2.05) is 30.4 Å². The highest BCUT2D eigenvalue weighted by Gasteiger charge is 2.19. The lowest BCUT2D eigenvalue weighted by atomic mass is 9.91. The van der Waals surface area contributed by atoms with Gasteiger partial charge in [-0.3, -0.25) is 4.79 Å². The van der Waals surface area contributed by atoms with Crippen LogP contribution in [0.1, 0.15) is 21.5 Å². The molecule has 23 heavy (non-hydrogen) atoms. The van der Waals surface area contributed by atoms with E-state index in [0.29, 0.717) is 28.2 Å². The predicted octanol–water partition coefficient (Wildman–Crippen LogP) is 5.41. The van der Waals surface area contributed by atoms with Crippen LogP contribution in [0.15, 0.2) is 72.8 Å². The van der Waals surface area contributed by atoms with E-state index in [0.717, 1.165) is 11.1 Å². The van der Waals surface area contributed by atoms with Gasteiger partial charge in [0.15, 0.2) is 5.78 Å². The van der Waals surface area contributed by atoms with Crippen molar-refractivity contribution in [2.24, 2.45) is 0 Å². The molecule has 1 nitrogen and oxygen atoms in total. The van der Waals surface area contributed by atoms with E-state index < -0.39 is 5.82 Å². The van der Waals surface area contributed by atoms with Crippen LogP contribution >= 0.6 is 11.6 Å². The fourth-order valence-corrected chi connectivity index (χ4v) is 2.71. The Morgan fingerprint density at radius 2 is 1.83 bits per heavy atom. The average molecular weight is 325 g/mol. The van der Waals surface area contributed by atoms with E-state index >= 15 is 0 Å². The van der Waals surface area contributed by atoms with Crippen LogP contribution in [0.25, 0.3) is 5.57 Å². The van der Waals surface area contributed by atoms with E-state index in [9.17, 15) is 9.18 Å². The van der Waals surface area contributed by atoms with Crippen molar-refractivity contribution in [1.82, 2.24) is 0 Å². The van der Waals surface area contributed by atoms with E-state index in [4.69, 9.17) is 11.6 Å². The smallest absolute Gasteiger partial charge is 0.193 e. The van der Waals surface area contributed by atoms with Crippen LogP contribution in [-0.4, -0.2) is 5.78 Å². The quantitative estimate of drug-likeness (QED) is 0.641. The van der Waals surface area contributed by atoms with Gasteiger partial charge in [0.2, 0.25) is 0 Å². The molecule has 3 heteroatoms. The molecule has 0 aliphatic heterocycles. The largest absolute Gasteiger partial charge is 0.289 e. The summed E-state index contributed by atoms with van der Waals surface area (Å²) in [4.78, 5) is 12.8. The number of carbonyl (C=O) groups excluding carboxylic acids is 1. The minimum Gasteiger partial charge on any atom is -0.289 e. The summed E-state index contributed by atoms with van der Waals surface area (Å²) in [7, 11) is 0. The molecular weight excluding hydrogens is 311 g/mol. The van der Waals surface area contributed by atoms with Gasteiger partial charge in [-0.25, -0.2) is 4.39 Å². The maximum Gasteiger partial charge on any atom is 0.193 e. The van der Waals surface area contributed by atoms with Gasteiger partial charge in [-0.05, 0) is 47.4 Å². The highest BCUT2D eigenvalue weighted by Crippen LogP contribution is 2.29. The Morgan fingerprint density at radius 1 is 1.09 bits per heavy atom. The van der Waals surface area contributed by atoms with Gasteiger partial charge in [-0.1, -0.05) is 54.6 Å². The summed E-state index contributed by atoms with van der Waals surface area (Å²) in [6, 6.07) is 11.5. The number of allylic oxidation sites excluding steroid dienone is 5. The number of benzene rings is 2. The lowest BCUT2D eigenvalue weighted by molar-refractivity contribution is 0.103. The molecule has 0 spiro atoms. The van der Waals surface area contributed by atoms with E-state index in [-0.39, 0.29) is 5.78 Å². The van der Waals surface area contributed by atoms with Crippen molar-refractivity contribution < 1.29 is 9.18 Å². The van der Waals surface area contributed by atoms with Crippen molar-refractivity contribution in [2.75, 3.05) is 0 Å². The molecular formula is C20H14ClFO. The zero-order valence-corrected chi connectivity index (χ0v) is 13.1. The number of rotatable bonds is 1. The zero-order chi connectivity index (χ0) is 16.4. The Hall–Kier alpha value is -2.45. The number of Topliss-reactive ketones (excluding diaryl/α,β-unsaturated/α-hetero) is 1. The summed E-state index contributed by atoms with van der Waals surface area (Å²) in [5.74, 6) is -0.686. The second-order valence-corrected chi connectivity index (χ2v) is 5.77. The van der Waals surface area contributed by atoms with Crippen LogP contribution in [0.4, 0.5) is 4.39 Å². The predicted molar refractivity (Wildman–Crippen MR) is 92.1 cm³/mol. The number of halogens is 2. The van der Waals surface area contributed by atoms with Crippen LogP contribution in [-0.2, 0) is 6.42 Å². The topological polar surface area (TPSA) is 17.1 Å². The van der Waals surface area contributed by atoms with Gasteiger partial charge in [0, 0.05) is 16.2 Å². The van der Waals surface area contributed by atoms with Crippen LogP contribution in [0.2, 0.25) is 5.02 Å². The molecule has 2 aromatic carbocycles. The Balaban J connectivity index is 2.09. The molecule has 0 heterocycles. The highest BCUT2D eigenvalue weighted by atomic mass is 35.5. The summed E-state index contributed by atoms with van der Waals surface area (Å²) in [6.45, 7) is 3.94. The Labute approximate surface area is 139 Å². The lowest BCUT2D eigenvalue weighted by Crippen LogP contribution is -2.08. The third-order valence-corrected chi connectivity index (χ3v) is 4.06. The van der Waals surface area contributed by atoms with Gasteiger partial charge < -0.3 is 0 Å². The normalized spacial score (nSPS) is 18.3. The maximum atomic E-state index is 13.6. The Bertz CT molecular complexity index is 844. The third kappa shape index (κ3) is 3.17. The molecule has 0 radical (unpaired) electrons. The van der Waals surface area contributed by atoms with E-state index in [1.165, 1.54) is 12.1 Å². The molecule has 0 aromatic heterocycles. The summed E-state index contributed by atoms with van der Waals surface area (Å²) >= 11 is 5.92. The zero-order valence-electron chi connectivity index (χ0n) is 12.4. The minimum absolute atomic E-state index is 0.260. The summed E-state index contributed by atoms with van der Waals surface area (Å²) in [6.07, 6.45) is 6.25. The number of fused-ring (bicyclic) bond motifs is 1. The molecule has 2 aromatic rings. The number of hydrogen-bond donors (Lipinski definition) is 0. The summed E-state index contributed by atoms with van der Waals surface area (Å²) in [5.41, 5.74) is 3.05. The van der Waals surface area contributed by atoms with Crippen molar-refractivity contribution in [3.8, 4) is 0 Å². The first kappa shape index (κ1) is 15.4. The first-order valence-electron chi connectivity index (χ1n) is 7.21. The van der Waals surface area contributed by atoms with Gasteiger partial charge in [0.25, 0.3) is 0 Å². The molecule has 1 aliphatic carbocycles. The number of ketones is 1. The fraction of sp³-hybridized carbons (Fsp3) is 0.0500. The number of hydrogen-bond acceptors (Lipinski definition) is 1. The Morgan fingerprint density at radius 3 is 2.57 bits per heavy atom. The molecule has 0 unspecified atom stereocenters. The van der Waals surface area contributed by atoms with Crippen LogP contribution in [0.5, 0.6) is 0 Å². The minimum atomic E-state index is -0.426.